The van der Waals surface area contributed by atoms with Crippen LogP contribution in [0, 0.1) is 0 Å². The topological polar surface area (TPSA) is 34.0 Å². The first-order valence-corrected chi connectivity index (χ1v) is 5.68. The molecule has 0 bridgehead atoms. The van der Waals surface area contributed by atoms with E-state index in [1.807, 2.05) is 4.57 Å². The molecule has 0 saturated heterocycles. The number of halogens is 4. The van der Waals surface area contributed by atoms with Crippen molar-refractivity contribution in [1.29, 1.82) is 0 Å². The van der Waals surface area contributed by atoms with E-state index in [1.54, 1.807) is 11.2 Å². The summed E-state index contributed by atoms with van der Waals surface area (Å²) in [6.45, 7) is 1.58. The van der Waals surface area contributed by atoms with Crippen molar-refractivity contribution < 1.29 is 13.2 Å². The molecule has 0 saturated carbocycles. The fourth-order valence-corrected chi connectivity index (χ4v) is 2.01. The Morgan fingerprint density at radius 2 is 2.19 bits per heavy atom. The Bertz CT molecular complexity index is 364. The molecule has 1 aromatic heterocycles. The molecular weight excluding hydrogens is 289 g/mol. The van der Waals surface area contributed by atoms with Crippen LogP contribution in [0.2, 0.25) is 0 Å². The lowest BCUT2D eigenvalue weighted by Crippen LogP contribution is -2.41. The zero-order valence-corrected chi connectivity index (χ0v) is 9.87. The number of nitrogens with zero attached hydrogens (tertiary/aromatic N) is 4. The lowest BCUT2D eigenvalue weighted by atomic mass is 10.3. The molecule has 90 valence electrons. The van der Waals surface area contributed by atoms with Gasteiger partial charge in [0.05, 0.1) is 6.54 Å². The van der Waals surface area contributed by atoms with Crippen molar-refractivity contribution in [2.24, 2.45) is 0 Å². The van der Waals surface area contributed by atoms with Crippen LogP contribution >= 0.6 is 15.9 Å². The minimum Gasteiger partial charge on any atom is -0.315 e. The molecule has 1 aromatic rings. The van der Waals surface area contributed by atoms with Crippen LogP contribution in [-0.2, 0) is 13.1 Å². The maximum atomic E-state index is 12.3. The van der Waals surface area contributed by atoms with Crippen LogP contribution in [0.25, 0.3) is 0 Å². The summed E-state index contributed by atoms with van der Waals surface area (Å²) >= 11 is 2.66. The zero-order chi connectivity index (χ0) is 11.8. The Labute approximate surface area is 98.6 Å². The van der Waals surface area contributed by atoms with Crippen molar-refractivity contribution in [3.63, 3.8) is 0 Å². The summed E-state index contributed by atoms with van der Waals surface area (Å²) in [5.41, 5.74) is 0. The number of rotatable bonds is 2. The fourth-order valence-electron chi connectivity index (χ4n) is 1.60. The molecule has 0 fully saturated rings. The molecule has 2 heterocycles. The molecule has 1 aliphatic heterocycles. The maximum absolute atomic E-state index is 12.3. The highest BCUT2D eigenvalue weighted by molar-refractivity contribution is 9.09. The summed E-state index contributed by atoms with van der Waals surface area (Å²) in [4.78, 5) is 0.228. The summed E-state index contributed by atoms with van der Waals surface area (Å²) in [7, 11) is 0. The van der Waals surface area contributed by atoms with Crippen molar-refractivity contribution in [3.8, 4) is 0 Å². The maximum Gasteiger partial charge on any atom is 0.402 e. The van der Waals surface area contributed by atoms with Crippen molar-refractivity contribution >= 4 is 15.9 Å². The van der Waals surface area contributed by atoms with Crippen LogP contribution < -0.4 is 0 Å². The third-order valence-corrected chi connectivity index (χ3v) is 3.30. The van der Waals surface area contributed by atoms with Gasteiger partial charge in [0.1, 0.15) is 17.0 Å². The lowest BCUT2D eigenvalue weighted by molar-refractivity contribution is -0.131. The van der Waals surface area contributed by atoms with Gasteiger partial charge in [-0.15, -0.1) is 10.2 Å². The zero-order valence-electron chi connectivity index (χ0n) is 8.28. The second kappa shape index (κ2) is 4.33. The second-order valence-corrected chi connectivity index (χ2v) is 4.79. The van der Waals surface area contributed by atoms with Gasteiger partial charge in [-0.3, -0.25) is 4.90 Å². The predicted octanol–water partition coefficient (Wildman–Crippen LogP) is 1.42. The van der Waals surface area contributed by atoms with Gasteiger partial charge in [0, 0.05) is 19.6 Å². The summed E-state index contributed by atoms with van der Waals surface area (Å²) in [5, 5.41) is 7.57. The normalized spacial score (nSPS) is 19.5. The molecule has 4 nitrogen and oxygen atoms in total. The van der Waals surface area contributed by atoms with Gasteiger partial charge in [0.15, 0.2) is 0 Å². The van der Waals surface area contributed by atoms with Crippen LogP contribution in [0.3, 0.4) is 0 Å². The van der Waals surface area contributed by atoms with Crippen LogP contribution in [-0.4, -0.2) is 43.8 Å². The van der Waals surface area contributed by atoms with Crippen LogP contribution in [0.5, 0.6) is 0 Å². The van der Waals surface area contributed by atoms with Crippen molar-refractivity contribution in [2.45, 2.75) is 24.1 Å². The Balaban J connectivity index is 1.95. The average molecular weight is 299 g/mol. The SMILES string of the molecule is FC(F)(F)C(Br)CN1CCn2cnnc2C1. The highest BCUT2D eigenvalue weighted by Crippen LogP contribution is 2.27. The molecular formula is C8H10BrF3N4. The smallest absolute Gasteiger partial charge is 0.315 e. The molecule has 8 heteroatoms. The Morgan fingerprint density at radius 1 is 1.44 bits per heavy atom. The predicted molar refractivity (Wildman–Crippen MR) is 54.1 cm³/mol. The standard InChI is InChI=1S/C8H10BrF3N4/c9-6(8(10,11)12)3-15-1-2-16-5-13-14-7(16)4-15/h5-6H,1-4H2. The quantitative estimate of drug-likeness (QED) is 0.775. The number of hydrogen-bond acceptors (Lipinski definition) is 3. The molecule has 0 N–H and O–H groups in total. The fraction of sp³-hybridized carbons (Fsp3) is 0.750. The van der Waals surface area contributed by atoms with Crippen LogP contribution in [0.4, 0.5) is 13.2 Å². The van der Waals surface area contributed by atoms with E-state index in [1.165, 1.54) is 0 Å². The molecule has 0 spiro atoms. The van der Waals surface area contributed by atoms with E-state index in [4.69, 9.17) is 0 Å². The Morgan fingerprint density at radius 3 is 2.88 bits per heavy atom. The van der Waals surface area contributed by atoms with E-state index in [0.717, 1.165) is 0 Å². The third kappa shape index (κ3) is 2.54. The van der Waals surface area contributed by atoms with Crippen molar-refractivity contribution in [3.05, 3.63) is 12.2 Å². The van der Waals surface area contributed by atoms with Gasteiger partial charge >= 0.3 is 6.18 Å². The number of aromatic nitrogens is 3. The number of fused-ring (bicyclic) bond motifs is 1. The first kappa shape index (κ1) is 11.8. The molecule has 2 rings (SSSR count). The van der Waals surface area contributed by atoms with E-state index < -0.39 is 11.0 Å². The summed E-state index contributed by atoms with van der Waals surface area (Å²) in [6.07, 6.45) is -2.60. The monoisotopic (exact) mass is 298 g/mol. The summed E-state index contributed by atoms with van der Waals surface area (Å²) in [6, 6.07) is 0. The highest BCUT2D eigenvalue weighted by Gasteiger charge is 2.39. The average Bonchev–Trinajstić information content (AvgIpc) is 2.63. The third-order valence-electron chi connectivity index (χ3n) is 2.49. The van der Waals surface area contributed by atoms with Gasteiger partial charge in [-0.1, -0.05) is 15.9 Å². The van der Waals surface area contributed by atoms with E-state index in [-0.39, 0.29) is 6.54 Å². The number of hydrogen-bond donors (Lipinski definition) is 0. The minimum atomic E-state index is -4.20. The largest absolute Gasteiger partial charge is 0.402 e. The lowest BCUT2D eigenvalue weighted by Gasteiger charge is -2.29. The summed E-state index contributed by atoms with van der Waals surface area (Å²) in [5.74, 6) is 0.716. The van der Waals surface area contributed by atoms with Gasteiger partial charge in [-0.05, 0) is 0 Å². The Hall–Kier alpha value is -0.630. The molecule has 1 aliphatic rings. The minimum absolute atomic E-state index is 0.0592. The molecule has 0 amide bonds. The van der Waals surface area contributed by atoms with Gasteiger partial charge < -0.3 is 4.57 Å². The van der Waals surface area contributed by atoms with E-state index >= 15 is 0 Å². The van der Waals surface area contributed by atoms with Gasteiger partial charge in [0.25, 0.3) is 0 Å². The van der Waals surface area contributed by atoms with Crippen LogP contribution in [0.15, 0.2) is 6.33 Å². The highest BCUT2D eigenvalue weighted by atomic mass is 79.9. The molecule has 0 aliphatic carbocycles. The molecule has 0 aromatic carbocycles. The molecule has 1 atom stereocenters. The van der Waals surface area contributed by atoms with E-state index in [2.05, 4.69) is 26.1 Å². The molecule has 0 radical (unpaired) electrons. The van der Waals surface area contributed by atoms with Crippen molar-refractivity contribution in [2.75, 3.05) is 13.1 Å². The first-order chi connectivity index (χ1) is 7.47. The summed E-state index contributed by atoms with van der Waals surface area (Å²) < 4.78 is 38.9. The molecule has 16 heavy (non-hydrogen) atoms. The van der Waals surface area contributed by atoms with Gasteiger partial charge in [-0.2, -0.15) is 13.2 Å². The first-order valence-electron chi connectivity index (χ1n) is 4.76. The van der Waals surface area contributed by atoms with Crippen molar-refractivity contribution in [1.82, 2.24) is 19.7 Å². The second-order valence-electron chi connectivity index (χ2n) is 3.68. The van der Waals surface area contributed by atoms with Gasteiger partial charge in [-0.25, -0.2) is 0 Å². The molecule has 1 unspecified atom stereocenters. The van der Waals surface area contributed by atoms with E-state index in [9.17, 15) is 13.2 Å². The van der Waals surface area contributed by atoms with E-state index in [0.29, 0.717) is 25.5 Å². The van der Waals surface area contributed by atoms with Crippen LogP contribution in [0.1, 0.15) is 5.82 Å². The Kier molecular flexibility index (Phi) is 3.20. The number of alkyl halides is 4. The van der Waals surface area contributed by atoms with Gasteiger partial charge in [0.2, 0.25) is 0 Å².